The van der Waals surface area contributed by atoms with Crippen molar-refractivity contribution in [1.29, 1.82) is 0 Å². The number of nitrogen functional groups attached to an aromatic ring is 1. The maximum absolute atomic E-state index is 13.9. The molecule has 8 heteroatoms. The molecule has 1 aliphatic heterocycles. The fourth-order valence-electron chi connectivity index (χ4n) is 4.39. The van der Waals surface area contributed by atoms with Crippen molar-refractivity contribution in [1.82, 2.24) is 0 Å². The van der Waals surface area contributed by atoms with E-state index in [1.807, 2.05) is 45.0 Å². The van der Waals surface area contributed by atoms with Gasteiger partial charge in [-0.05, 0) is 73.4 Å². The first-order valence-electron chi connectivity index (χ1n) is 12.7. The summed E-state index contributed by atoms with van der Waals surface area (Å²) >= 11 is 0. The van der Waals surface area contributed by atoms with E-state index in [0.29, 0.717) is 36.9 Å². The summed E-state index contributed by atoms with van der Waals surface area (Å²) in [7, 11) is -3.80. The van der Waals surface area contributed by atoms with Gasteiger partial charge in [-0.25, -0.2) is 8.42 Å². The standard InChI is InChI=1S/C27H41N3O4S/c1-5-21-7-9-23(10-8-21)30(18-20(3)4)35(31,32)24-11-12-26(29-28)25(17-24)27(6-2)34-19-22-13-15-33-16-14-22/h7-12,17,20,22,27,29H,5-6,13-16,18-19,28H2,1-4H3. The summed E-state index contributed by atoms with van der Waals surface area (Å²) in [5, 5.41) is 0. The van der Waals surface area contributed by atoms with Crippen LogP contribution in [0.5, 0.6) is 0 Å². The number of hydrogen-bond acceptors (Lipinski definition) is 6. The lowest BCUT2D eigenvalue weighted by Gasteiger charge is -2.28. The van der Waals surface area contributed by atoms with E-state index in [4.69, 9.17) is 15.3 Å². The lowest BCUT2D eigenvalue weighted by molar-refractivity contribution is -0.0129. The number of aryl methyl sites for hydroxylation is 1. The molecule has 35 heavy (non-hydrogen) atoms. The maximum atomic E-state index is 13.9. The van der Waals surface area contributed by atoms with E-state index < -0.39 is 10.0 Å². The number of hydrogen-bond donors (Lipinski definition) is 2. The van der Waals surface area contributed by atoms with E-state index in [2.05, 4.69) is 12.3 Å². The molecular formula is C27H41N3O4S. The third kappa shape index (κ3) is 6.97. The van der Waals surface area contributed by atoms with Crippen molar-refractivity contribution in [2.45, 2.75) is 64.4 Å². The average Bonchev–Trinajstić information content (AvgIpc) is 2.88. The summed E-state index contributed by atoms with van der Waals surface area (Å²) in [6.07, 6.45) is 3.30. The van der Waals surface area contributed by atoms with Gasteiger partial charge in [0.15, 0.2) is 0 Å². The molecule has 2 aromatic rings. The van der Waals surface area contributed by atoms with Crippen LogP contribution < -0.4 is 15.6 Å². The number of nitrogens with two attached hydrogens (primary N) is 1. The lowest BCUT2D eigenvalue weighted by atomic mass is 10.0. The SMILES string of the molecule is CCc1ccc(N(CC(C)C)S(=O)(=O)c2ccc(NN)c(C(CC)OCC3CCOCC3)c2)cc1. The van der Waals surface area contributed by atoms with Crippen molar-refractivity contribution in [2.24, 2.45) is 17.7 Å². The highest BCUT2D eigenvalue weighted by Gasteiger charge is 2.28. The van der Waals surface area contributed by atoms with E-state index in [-0.39, 0.29) is 16.9 Å². The number of benzene rings is 2. The van der Waals surface area contributed by atoms with Crippen molar-refractivity contribution in [3.63, 3.8) is 0 Å². The fourth-order valence-corrected chi connectivity index (χ4v) is 6.06. The average molecular weight is 504 g/mol. The van der Waals surface area contributed by atoms with Crippen molar-refractivity contribution in [3.8, 4) is 0 Å². The second kappa shape index (κ2) is 12.7. The summed E-state index contributed by atoms with van der Waals surface area (Å²) in [5.74, 6) is 6.41. The van der Waals surface area contributed by atoms with Crippen LogP contribution in [0.15, 0.2) is 47.4 Å². The van der Waals surface area contributed by atoms with Crippen molar-refractivity contribution < 1.29 is 17.9 Å². The number of anilines is 2. The van der Waals surface area contributed by atoms with Gasteiger partial charge in [0.25, 0.3) is 10.0 Å². The molecule has 0 spiro atoms. The summed E-state index contributed by atoms with van der Waals surface area (Å²) in [4.78, 5) is 0.236. The van der Waals surface area contributed by atoms with Crippen LogP contribution in [0.2, 0.25) is 0 Å². The van der Waals surface area contributed by atoms with Crippen LogP contribution in [-0.2, 0) is 25.9 Å². The maximum Gasteiger partial charge on any atom is 0.264 e. The largest absolute Gasteiger partial charge is 0.381 e. The number of hydrazine groups is 1. The highest BCUT2D eigenvalue weighted by molar-refractivity contribution is 7.92. The highest BCUT2D eigenvalue weighted by Crippen LogP contribution is 2.33. The topological polar surface area (TPSA) is 93.9 Å². The zero-order valence-electron chi connectivity index (χ0n) is 21.5. The normalized spacial score (nSPS) is 15.8. The van der Waals surface area contributed by atoms with E-state index in [1.165, 1.54) is 9.87 Å². The van der Waals surface area contributed by atoms with Crippen LogP contribution in [0.3, 0.4) is 0 Å². The summed E-state index contributed by atoms with van der Waals surface area (Å²) in [6.45, 7) is 10.7. The van der Waals surface area contributed by atoms with Gasteiger partial charge in [-0.15, -0.1) is 0 Å². The Morgan fingerprint density at radius 1 is 1.11 bits per heavy atom. The quantitative estimate of drug-likeness (QED) is 0.302. The molecule has 1 fully saturated rings. The van der Waals surface area contributed by atoms with Crippen LogP contribution in [0, 0.1) is 11.8 Å². The first-order chi connectivity index (χ1) is 16.8. The molecule has 3 N–H and O–H groups in total. The van der Waals surface area contributed by atoms with Crippen LogP contribution in [0.25, 0.3) is 0 Å². The Kier molecular flexibility index (Phi) is 9.98. The van der Waals surface area contributed by atoms with Gasteiger partial charge in [-0.2, -0.15) is 0 Å². The van der Waals surface area contributed by atoms with Crippen LogP contribution in [0.1, 0.15) is 64.2 Å². The molecular weight excluding hydrogens is 462 g/mol. The van der Waals surface area contributed by atoms with E-state index in [9.17, 15) is 8.42 Å². The van der Waals surface area contributed by atoms with E-state index in [0.717, 1.165) is 38.0 Å². The van der Waals surface area contributed by atoms with Crippen molar-refractivity contribution in [3.05, 3.63) is 53.6 Å². The molecule has 1 saturated heterocycles. The van der Waals surface area contributed by atoms with Gasteiger partial charge in [0, 0.05) is 25.3 Å². The zero-order valence-corrected chi connectivity index (χ0v) is 22.3. The van der Waals surface area contributed by atoms with Crippen LogP contribution >= 0.6 is 0 Å². The Morgan fingerprint density at radius 2 is 1.80 bits per heavy atom. The van der Waals surface area contributed by atoms with Gasteiger partial charge in [0.05, 0.1) is 29.0 Å². The molecule has 1 heterocycles. The Labute approximate surface area is 211 Å². The first-order valence-corrected chi connectivity index (χ1v) is 14.2. The van der Waals surface area contributed by atoms with Gasteiger partial charge in [-0.3, -0.25) is 10.1 Å². The molecule has 0 bridgehead atoms. The molecule has 1 unspecified atom stereocenters. The zero-order chi connectivity index (χ0) is 25.4. The van der Waals surface area contributed by atoms with Gasteiger partial charge < -0.3 is 14.9 Å². The summed E-state index contributed by atoms with van der Waals surface area (Å²) in [5.41, 5.74) is 5.99. The molecule has 1 atom stereocenters. The Hall–Kier alpha value is -2.13. The van der Waals surface area contributed by atoms with Gasteiger partial charge in [0.2, 0.25) is 0 Å². The van der Waals surface area contributed by atoms with Gasteiger partial charge in [-0.1, -0.05) is 39.8 Å². The second-order valence-corrected chi connectivity index (χ2v) is 11.5. The third-order valence-corrected chi connectivity index (χ3v) is 8.31. The number of sulfonamides is 1. The molecule has 0 saturated carbocycles. The predicted molar refractivity (Wildman–Crippen MR) is 142 cm³/mol. The Bertz CT molecular complexity index is 1030. The van der Waals surface area contributed by atoms with Crippen molar-refractivity contribution >= 4 is 21.4 Å². The van der Waals surface area contributed by atoms with E-state index in [1.54, 1.807) is 18.2 Å². The highest BCUT2D eigenvalue weighted by atomic mass is 32.2. The smallest absolute Gasteiger partial charge is 0.264 e. The fraction of sp³-hybridized carbons (Fsp3) is 0.556. The predicted octanol–water partition coefficient (Wildman–Crippen LogP) is 5.28. The Balaban J connectivity index is 1.93. The van der Waals surface area contributed by atoms with Crippen molar-refractivity contribution in [2.75, 3.05) is 36.1 Å². The summed E-state index contributed by atoms with van der Waals surface area (Å²) < 4.78 is 41.1. The Morgan fingerprint density at radius 3 is 2.37 bits per heavy atom. The number of nitrogens with zero attached hydrogens (tertiary/aromatic N) is 1. The van der Waals surface area contributed by atoms with Crippen LogP contribution in [0.4, 0.5) is 11.4 Å². The lowest BCUT2D eigenvalue weighted by Crippen LogP contribution is -2.34. The number of rotatable bonds is 12. The first kappa shape index (κ1) is 27.5. The molecule has 1 aliphatic rings. The van der Waals surface area contributed by atoms with E-state index >= 15 is 0 Å². The second-order valence-electron chi connectivity index (χ2n) is 9.63. The molecule has 0 aromatic heterocycles. The minimum absolute atomic E-state index is 0.159. The molecule has 0 amide bonds. The minimum Gasteiger partial charge on any atom is -0.381 e. The molecule has 7 nitrogen and oxygen atoms in total. The van der Waals surface area contributed by atoms with Crippen LogP contribution in [-0.4, -0.2) is 34.8 Å². The number of ether oxygens (including phenoxy) is 2. The molecule has 2 aromatic carbocycles. The monoisotopic (exact) mass is 503 g/mol. The summed E-state index contributed by atoms with van der Waals surface area (Å²) in [6, 6.07) is 12.8. The molecule has 3 rings (SSSR count). The molecule has 0 aliphatic carbocycles. The number of nitrogens with one attached hydrogen (secondary N) is 1. The minimum atomic E-state index is -3.80. The van der Waals surface area contributed by atoms with Gasteiger partial charge in [0.1, 0.15) is 0 Å². The molecule has 194 valence electrons. The molecule has 0 radical (unpaired) electrons. The third-order valence-electron chi connectivity index (χ3n) is 6.52. The van der Waals surface area contributed by atoms with Gasteiger partial charge >= 0.3 is 0 Å².